The van der Waals surface area contributed by atoms with Crippen molar-refractivity contribution in [3.63, 3.8) is 0 Å². The van der Waals surface area contributed by atoms with E-state index in [9.17, 15) is 4.79 Å². The van der Waals surface area contributed by atoms with Crippen LogP contribution in [0.15, 0.2) is 12.4 Å². The molecule has 94 valence electrons. The summed E-state index contributed by atoms with van der Waals surface area (Å²) in [5, 5.41) is 10.4. The number of aromatic nitrogens is 2. The van der Waals surface area contributed by atoms with E-state index in [1.165, 1.54) is 0 Å². The number of nitrogens with zero attached hydrogens (tertiary/aromatic N) is 2. The van der Waals surface area contributed by atoms with Gasteiger partial charge < -0.3 is 10.6 Å². The summed E-state index contributed by atoms with van der Waals surface area (Å²) < 4.78 is 1.89. The van der Waals surface area contributed by atoms with Gasteiger partial charge in [-0.25, -0.2) is 0 Å². The first-order valence-electron chi connectivity index (χ1n) is 6.24. The zero-order valence-electron chi connectivity index (χ0n) is 10.4. The summed E-state index contributed by atoms with van der Waals surface area (Å²) in [6.45, 7) is 5.34. The summed E-state index contributed by atoms with van der Waals surface area (Å²) in [5.74, 6) is 0.0854. The lowest BCUT2D eigenvalue weighted by molar-refractivity contribution is -0.120. The Balaban J connectivity index is 1.75. The molecule has 0 bridgehead atoms. The number of carbonyl (C=O) groups is 1. The highest BCUT2D eigenvalue weighted by Crippen LogP contribution is 2.18. The number of carbonyl (C=O) groups excluding carboxylic acids is 1. The van der Waals surface area contributed by atoms with Gasteiger partial charge in [0, 0.05) is 30.4 Å². The fourth-order valence-electron chi connectivity index (χ4n) is 1.65. The normalized spacial score (nSPS) is 16.8. The molecular weight excluding hydrogens is 216 g/mol. The van der Waals surface area contributed by atoms with Gasteiger partial charge in [-0.2, -0.15) is 5.10 Å². The van der Waals surface area contributed by atoms with Crippen molar-refractivity contribution >= 4 is 5.91 Å². The van der Waals surface area contributed by atoms with E-state index in [0.29, 0.717) is 12.6 Å². The Kier molecular flexibility index (Phi) is 3.78. The van der Waals surface area contributed by atoms with Crippen molar-refractivity contribution in [2.24, 2.45) is 0 Å². The fraction of sp³-hybridized carbons (Fsp3) is 0.667. The van der Waals surface area contributed by atoms with E-state index in [1.54, 1.807) is 0 Å². The van der Waals surface area contributed by atoms with Crippen LogP contribution in [0, 0.1) is 0 Å². The molecule has 2 rings (SSSR count). The van der Waals surface area contributed by atoms with Crippen LogP contribution in [-0.2, 0) is 11.3 Å². The van der Waals surface area contributed by atoms with Crippen LogP contribution in [0.1, 0.15) is 38.3 Å². The highest BCUT2D eigenvalue weighted by molar-refractivity contribution is 5.78. The maximum Gasteiger partial charge on any atom is 0.234 e. The molecular formula is C12H20N4O. The number of hydrogen-bond acceptors (Lipinski definition) is 3. The van der Waals surface area contributed by atoms with Crippen molar-refractivity contribution in [2.45, 2.75) is 45.3 Å². The lowest BCUT2D eigenvalue weighted by Crippen LogP contribution is -2.36. The zero-order chi connectivity index (χ0) is 12.3. The quantitative estimate of drug-likeness (QED) is 0.769. The largest absolute Gasteiger partial charge is 0.352 e. The molecule has 0 saturated heterocycles. The number of hydrogen-bond donors (Lipinski definition) is 2. The molecule has 1 aliphatic rings. The van der Waals surface area contributed by atoms with E-state index in [1.807, 2.05) is 24.0 Å². The summed E-state index contributed by atoms with van der Waals surface area (Å²) in [4.78, 5) is 11.5. The molecule has 1 aromatic heterocycles. The summed E-state index contributed by atoms with van der Waals surface area (Å²) in [6.07, 6.45) is 6.12. The van der Waals surface area contributed by atoms with Gasteiger partial charge in [0.25, 0.3) is 0 Å². The number of nitrogens with one attached hydrogen (secondary N) is 2. The van der Waals surface area contributed by atoms with Crippen molar-refractivity contribution in [1.82, 2.24) is 20.4 Å². The monoisotopic (exact) mass is 236 g/mol. The molecule has 1 atom stereocenters. The molecule has 1 heterocycles. The Bertz CT molecular complexity index is 384. The van der Waals surface area contributed by atoms with E-state index >= 15 is 0 Å². The second-order valence-electron chi connectivity index (χ2n) is 4.57. The molecule has 5 heteroatoms. The van der Waals surface area contributed by atoms with Gasteiger partial charge in [-0.3, -0.25) is 9.48 Å². The molecule has 1 fully saturated rings. The Morgan fingerprint density at radius 1 is 1.65 bits per heavy atom. The van der Waals surface area contributed by atoms with Crippen LogP contribution < -0.4 is 10.6 Å². The molecule has 17 heavy (non-hydrogen) atoms. The number of rotatable bonds is 6. The van der Waals surface area contributed by atoms with Gasteiger partial charge in [0.2, 0.25) is 5.91 Å². The predicted molar refractivity (Wildman–Crippen MR) is 65.5 cm³/mol. The third-order valence-corrected chi connectivity index (χ3v) is 2.99. The van der Waals surface area contributed by atoms with Crippen molar-refractivity contribution < 1.29 is 4.79 Å². The third-order valence-electron chi connectivity index (χ3n) is 2.99. The standard InChI is InChI=1S/C12H20N4O/c1-3-16-8-10(6-14-16)9(2)13-7-12(17)15-11-4-5-11/h6,8-9,11,13H,3-5,7H2,1-2H3,(H,15,17). The molecule has 0 radical (unpaired) electrons. The minimum Gasteiger partial charge on any atom is -0.352 e. The third kappa shape index (κ3) is 3.56. The Morgan fingerprint density at radius 2 is 2.41 bits per heavy atom. The summed E-state index contributed by atoms with van der Waals surface area (Å²) in [5.41, 5.74) is 1.12. The summed E-state index contributed by atoms with van der Waals surface area (Å²) >= 11 is 0. The first-order chi connectivity index (χ1) is 8.19. The van der Waals surface area contributed by atoms with Gasteiger partial charge in [0.1, 0.15) is 0 Å². The lowest BCUT2D eigenvalue weighted by Gasteiger charge is -2.11. The molecule has 1 aliphatic carbocycles. The van der Waals surface area contributed by atoms with Crippen LogP contribution in [0.2, 0.25) is 0 Å². The number of aryl methyl sites for hydroxylation is 1. The van der Waals surface area contributed by atoms with Gasteiger partial charge in [-0.1, -0.05) is 0 Å². The molecule has 1 aromatic rings. The van der Waals surface area contributed by atoms with Crippen molar-refractivity contribution in [1.29, 1.82) is 0 Å². The number of amides is 1. The van der Waals surface area contributed by atoms with Crippen LogP contribution in [0.3, 0.4) is 0 Å². The van der Waals surface area contributed by atoms with Gasteiger partial charge >= 0.3 is 0 Å². The topological polar surface area (TPSA) is 59.0 Å². The van der Waals surface area contributed by atoms with Gasteiger partial charge in [0.05, 0.1) is 12.7 Å². The van der Waals surface area contributed by atoms with Crippen molar-refractivity contribution in [3.05, 3.63) is 18.0 Å². The highest BCUT2D eigenvalue weighted by atomic mass is 16.2. The Morgan fingerprint density at radius 3 is 3.00 bits per heavy atom. The van der Waals surface area contributed by atoms with Crippen molar-refractivity contribution in [2.75, 3.05) is 6.54 Å². The minimum absolute atomic E-state index is 0.0854. The Labute approximate surface area is 102 Å². The predicted octanol–water partition coefficient (Wildman–Crippen LogP) is 0.832. The van der Waals surface area contributed by atoms with E-state index < -0.39 is 0 Å². The van der Waals surface area contributed by atoms with E-state index in [2.05, 4.69) is 22.7 Å². The molecule has 0 spiro atoms. The molecule has 1 amide bonds. The molecule has 2 N–H and O–H groups in total. The fourth-order valence-corrected chi connectivity index (χ4v) is 1.65. The van der Waals surface area contributed by atoms with E-state index in [-0.39, 0.29) is 11.9 Å². The maximum absolute atomic E-state index is 11.5. The molecule has 0 aliphatic heterocycles. The first kappa shape index (κ1) is 12.1. The van der Waals surface area contributed by atoms with Gasteiger partial charge in [0.15, 0.2) is 0 Å². The lowest BCUT2D eigenvalue weighted by atomic mass is 10.2. The molecule has 1 unspecified atom stereocenters. The SMILES string of the molecule is CCn1cc(C(C)NCC(=O)NC2CC2)cn1. The van der Waals surface area contributed by atoms with Gasteiger partial charge in [-0.05, 0) is 26.7 Å². The molecule has 0 aromatic carbocycles. The van der Waals surface area contributed by atoms with Crippen LogP contribution >= 0.6 is 0 Å². The molecule has 5 nitrogen and oxygen atoms in total. The maximum atomic E-state index is 11.5. The summed E-state index contributed by atoms with van der Waals surface area (Å²) in [7, 11) is 0. The first-order valence-corrected chi connectivity index (χ1v) is 6.24. The second kappa shape index (κ2) is 5.31. The average molecular weight is 236 g/mol. The smallest absolute Gasteiger partial charge is 0.234 e. The van der Waals surface area contributed by atoms with E-state index in [4.69, 9.17) is 0 Å². The van der Waals surface area contributed by atoms with Gasteiger partial charge in [-0.15, -0.1) is 0 Å². The zero-order valence-corrected chi connectivity index (χ0v) is 10.4. The summed E-state index contributed by atoms with van der Waals surface area (Å²) in [6, 6.07) is 0.586. The highest BCUT2D eigenvalue weighted by Gasteiger charge is 2.23. The van der Waals surface area contributed by atoms with Crippen LogP contribution in [-0.4, -0.2) is 28.3 Å². The Hall–Kier alpha value is -1.36. The van der Waals surface area contributed by atoms with Crippen LogP contribution in [0.25, 0.3) is 0 Å². The minimum atomic E-state index is 0.0854. The van der Waals surface area contributed by atoms with Crippen LogP contribution in [0.5, 0.6) is 0 Å². The average Bonchev–Trinajstić information content (AvgIpc) is 2.99. The molecule has 1 saturated carbocycles. The van der Waals surface area contributed by atoms with E-state index in [0.717, 1.165) is 24.9 Å². The van der Waals surface area contributed by atoms with Crippen molar-refractivity contribution in [3.8, 4) is 0 Å². The second-order valence-corrected chi connectivity index (χ2v) is 4.57. The van der Waals surface area contributed by atoms with Crippen LogP contribution in [0.4, 0.5) is 0 Å².